The third-order valence-electron chi connectivity index (χ3n) is 2.66. The molecule has 0 saturated carbocycles. The van der Waals surface area contributed by atoms with Gasteiger partial charge in [0.1, 0.15) is 5.75 Å². The Kier molecular flexibility index (Phi) is 3.38. The fraction of sp³-hybridized carbons (Fsp3) is 0.333. The fourth-order valence-electron chi connectivity index (χ4n) is 1.76. The molecule has 0 aliphatic carbocycles. The van der Waals surface area contributed by atoms with E-state index in [4.69, 9.17) is 9.47 Å². The molecule has 3 rings (SSSR count). The average molecular weight is 262 g/mol. The van der Waals surface area contributed by atoms with Crippen LogP contribution in [-0.2, 0) is 4.74 Å². The fourth-order valence-corrected chi connectivity index (χ4v) is 2.26. The van der Waals surface area contributed by atoms with Gasteiger partial charge in [0, 0.05) is 13.1 Å². The number of nitrogens with zero attached hydrogens (tertiary/aromatic N) is 3. The molecule has 1 fully saturated rings. The second-order valence-corrected chi connectivity index (χ2v) is 4.36. The highest BCUT2D eigenvalue weighted by Crippen LogP contribution is 2.30. The topological polar surface area (TPSA) is 47.5 Å². The first kappa shape index (κ1) is 11.4. The second-order valence-electron chi connectivity index (χ2n) is 3.83. The summed E-state index contributed by atoms with van der Waals surface area (Å²) >= 11 is 1.16. The molecule has 5 nitrogen and oxygen atoms in total. The number of aromatic nitrogens is 2. The summed E-state index contributed by atoms with van der Waals surface area (Å²) in [6.07, 6.45) is 0. The summed E-state index contributed by atoms with van der Waals surface area (Å²) in [5.74, 6) is 2.11. The molecule has 0 bridgehead atoms. The molecule has 1 saturated heterocycles. The van der Waals surface area contributed by atoms with E-state index in [1.54, 1.807) is 0 Å². The summed E-state index contributed by atoms with van der Waals surface area (Å²) in [7, 11) is 0. The molecule has 0 N–H and O–H groups in total. The van der Waals surface area contributed by atoms with E-state index >= 15 is 0 Å². The third-order valence-corrected chi connectivity index (χ3v) is 3.16. The van der Waals surface area contributed by atoms with Crippen molar-refractivity contribution >= 4 is 17.5 Å². The molecule has 2 aromatic rings. The van der Waals surface area contributed by atoms with Crippen LogP contribution in [0.25, 0.3) is 0 Å². The molecular weight excluding hydrogens is 250 g/mol. The van der Waals surface area contributed by atoms with Crippen LogP contribution in [0.1, 0.15) is 0 Å². The number of rotatable bonds is 3. The molecule has 1 radical (unpaired) electrons. The van der Waals surface area contributed by atoms with Crippen LogP contribution >= 0.6 is 11.7 Å². The van der Waals surface area contributed by atoms with Crippen molar-refractivity contribution in [1.29, 1.82) is 0 Å². The monoisotopic (exact) mass is 262 g/mol. The van der Waals surface area contributed by atoms with Gasteiger partial charge in [-0.2, -0.15) is 4.37 Å². The van der Waals surface area contributed by atoms with Crippen LogP contribution < -0.4 is 9.64 Å². The number of benzene rings is 1. The van der Waals surface area contributed by atoms with Gasteiger partial charge >= 0.3 is 0 Å². The van der Waals surface area contributed by atoms with Gasteiger partial charge in [0.05, 0.1) is 24.9 Å². The third kappa shape index (κ3) is 2.44. The van der Waals surface area contributed by atoms with E-state index in [1.165, 1.54) is 0 Å². The summed E-state index contributed by atoms with van der Waals surface area (Å²) in [4.78, 5) is 2.14. The number of ether oxygens (including phenoxy) is 2. The molecule has 0 unspecified atom stereocenters. The van der Waals surface area contributed by atoms with Gasteiger partial charge < -0.3 is 14.4 Å². The predicted octanol–water partition coefficient (Wildman–Crippen LogP) is 1.97. The highest BCUT2D eigenvalue weighted by molar-refractivity contribution is 6.99. The van der Waals surface area contributed by atoms with Crippen LogP contribution in [0.4, 0.5) is 5.82 Å². The van der Waals surface area contributed by atoms with Crippen molar-refractivity contribution in [1.82, 2.24) is 8.75 Å². The molecule has 0 amide bonds. The number of anilines is 1. The van der Waals surface area contributed by atoms with E-state index in [1.807, 2.05) is 24.3 Å². The Morgan fingerprint density at radius 1 is 1.22 bits per heavy atom. The Bertz CT molecular complexity index is 497. The summed E-state index contributed by atoms with van der Waals surface area (Å²) in [5, 5.41) is 0. The van der Waals surface area contributed by atoms with Gasteiger partial charge in [-0.15, -0.1) is 4.37 Å². The molecule has 0 spiro atoms. The van der Waals surface area contributed by atoms with Crippen LogP contribution in [0.5, 0.6) is 11.6 Å². The Balaban J connectivity index is 1.78. The van der Waals surface area contributed by atoms with Gasteiger partial charge in [-0.3, -0.25) is 0 Å². The summed E-state index contributed by atoms with van der Waals surface area (Å²) in [6, 6.07) is 10.3. The number of hydrogen-bond acceptors (Lipinski definition) is 6. The number of hydrogen-bond donors (Lipinski definition) is 0. The lowest BCUT2D eigenvalue weighted by molar-refractivity contribution is 0.122. The molecule has 2 heterocycles. The van der Waals surface area contributed by atoms with Crippen LogP contribution in [0.15, 0.2) is 24.3 Å². The Labute approximate surface area is 109 Å². The maximum absolute atomic E-state index is 5.74. The minimum Gasteiger partial charge on any atom is -0.435 e. The largest absolute Gasteiger partial charge is 0.435 e. The quantitative estimate of drug-likeness (QED) is 0.846. The molecule has 1 aliphatic heterocycles. The summed E-state index contributed by atoms with van der Waals surface area (Å²) in [6.45, 7) is 3.09. The van der Waals surface area contributed by atoms with E-state index in [0.29, 0.717) is 5.88 Å². The predicted molar refractivity (Wildman–Crippen MR) is 68.3 cm³/mol. The van der Waals surface area contributed by atoms with Gasteiger partial charge in [-0.1, -0.05) is 12.1 Å². The van der Waals surface area contributed by atoms with Crippen molar-refractivity contribution < 1.29 is 9.47 Å². The summed E-state index contributed by atoms with van der Waals surface area (Å²) < 4.78 is 19.6. The Hall–Kier alpha value is -1.66. The molecule has 1 aromatic carbocycles. The van der Waals surface area contributed by atoms with Crippen molar-refractivity contribution in [2.45, 2.75) is 0 Å². The molecule has 93 valence electrons. The van der Waals surface area contributed by atoms with E-state index in [-0.39, 0.29) is 0 Å². The zero-order valence-corrected chi connectivity index (χ0v) is 10.5. The van der Waals surface area contributed by atoms with Gasteiger partial charge in [-0.25, -0.2) is 0 Å². The van der Waals surface area contributed by atoms with Crippen molar-refractivity contribution in [2.75, 3.05) is 31.2 Å². The lowest BCUT2D eigenvalue weighted by Gasteiger charge is -2.26. The van der Waals surface area contributed by atoms with Crippen LogP contribution in [0.3, 0.4) is 0 Å². The molecule has 0 atom stereocenters. The smallest absolute Gasteiger partial charge is 0.276 e. The normalized spacial score (nSPS) is 15.7. The molecule has 18 heavy (non-hydrogen) atoms. The molecule has 1 aromatic heterocycles. The maximum Gasteiger partial charge on any atom is 0.276 e. The summed E-state index contributed by atoms with van der Waals surface area (Å²) in [5.41, 5.74) is 0. The first-order valence-electron chi connectivity index (χ1n) is 5.73. The standard InChI is InChI=1S/C12H12N3O2S/c1-2-4-10(5-3-1)17-12-11(13-18-14-12)15-6-8-16-9-7-15/h2-5H,6-9H2. The number of morpholine rings is 1. The molecular formula is C12H12N3O2S. The van der Waals surface area contributed by atoms with E-state index in [0.717, 1.165) is 49.6 Å². The highest BCUT2D eigenvalue weighted by Gasteiger charge is 2.20. The van der Waals surface area contributed by atoms with Crippen molar-refractivity contribution in [3.05, 3.63) is 30.3 Å². The van der Waals surface area contributed by atoms with Crippen LogP contribution in [0, 0.1) is 6.07 Å². The van der Waals surface area contributed by atoms with Crippen molar-refractivity contribution in [2.24, 2.45) is 0 Å². The van der Waals surface area contributed by atoms with Gasteiger partial charge in [0.15, 0.2) is 0 Å². The minimum atomic E-state index is 0.563. The highest BCUT2D eigenvalue weighted by atomic mass is 32.1. The molecule has 1 aliphatic rings. The van der Waals surface area contributed by atoms with E-state index < -0.39 is 0 Å². The Morgan fingerprint density at radius 2 is 2.00 bits per heavy atom. The van der Waals surface area contributed by atoms with Crippen molar-refractivity contribution in [3.8, 4) is 11.6 Å². The van der Waals surface area contributed by atoms with Gasteiger partial charge in [0.2, 0.25) is 5.82 Å². The first-order valence-corrected chi connectivity index (χ1v) is 6.46. The SMILES string of the molecule is [c]1ccc(Oc2nsnc2N2CCOCC2)cc1. The van der Waals surface area contributed by atoms with Crippen LogP contribution in [-0.4, -0.2) is 35.1 Å². The second kappa shape index (κ2) is 5.32. The van der Waals surface area contributed by atoms with Crippen LogP contribution in [0.2, 0.25) is 0 Å². The minimum absolute atomic E-state index is 0.563. The zero-order valence-electron chi connectivity index (χ0n) is 9.70. The van der Waals surface area contributed by atoms with E-state index in [2.05, 4.69) is 19.7 Å². The van der Waals surface area contributed by atoms with Gasteiger partial charge in [0.25, 0.3) is 5.88 Å². The maximum atomic E-state index is 5.74. The first-order chi connectivity index (χ1) is 8.93. The average Bonchev–Trinajstić information content (AvgIpc) is 2.89. The zero-order chi connectivity index (χ0) is 12.2. The van der Waals surface area contributed by atoms with Gasteiger partial charge in [-0.05, 0) is 18.2 Å². The lowest BCUT2D eigenvalue weighted by atomic mass is 10.3. The van der Waals surface area contributed by atoms with Crippen molar-refractivity contribution in [3.63, 3.8) is 0 Å². The Morgan fingerprint density at radius 3 is 2.78 bits per heavy atom. The molecule has 6 heteroatoms. The lowest BCUT2D eigenvalue weighted by Crippen LogP contribution is -2.36. The van der Waals surface area contributed by atoms with E-state index in [9.17, 15) is 0 Å².